The van der Waals surface area contributed by atoms with Crippen LogP contribution in [0.15, 0.2) is 18.2 Å². The van der Waals surface area contributed by atoms with Crippen LogP contribution < -0.4 is 0 Å². The molecule has 2 rings (SSSR count). The number of rotatable bonds is 2. The van der Waals surface area contributed by atoms with Gasteiger partial charge < -0.3 is 5.11 Å². The highest BCUT2D eigenvalue weighted by atomic mass is 35.5. The predicted molar refractivity (Wildman–Crippen MR) is 60.9 cm³/mol. The third-order valence-electron chi connectivity index (χ3n) is 2.22. The predicted octanol–water partition coefficient (Wildman–Crippen LogP) is 2.54. The molecule has 0 saturated heterocycles. The van der Waals surface area contributed by atoms with E-state index in [9.17, 15) is 4.79 Å². The van der Waals surface area contributed by atoms with E-state index >= 15 is 0 Å². The number of benzene rings is 1. The van der Waals surface area contributed by atoms with Gasteiger partial charge in [0.25, 0.3) is 0 Å². The minimum atomic E-state index is -1.07. The summed E-state index contributed by atoms with van der Waals surface area (Å²) in [6.45, 7) is 1.88. The number of fused-ring (bicyclic) bond motifs is 1. The van der Waals surface area contributed by atoms with Gasteiger partial charge in [-0.05, 0) is 18.2 Å². The number of carboxylic acids is 1. The van der Waals surface area contributed by atoms with Gasteiger partial charge in [-0.1, -0.05) is 18.5 Å². The number of aromatic nitrogens is 2. The van der Waals surface area contributed by atoms with Gasteiger partial charge in [0.15, 0.2) is 5.69 Å². The van der Waals surface area contributed by atoms with E-state index in [1.54, 1.807) is 18.2 Å². The van der Waals surface area contributed by atoms with Crippen LogP contribution >= 0.6 is 11.6 Å². The molecular weight excluding hydrogens is 228 g/mol. The Kier molecular flexibility index (Phi) is 2.75. The molecule has 0 unspecified atom stereocenters. The first-order valence-corrected chi connectivity index (χ1v) is 5.19. The summed E-state index contributed by atoms with van der Waals surface area (Å²) >= 11 is 5.82. The Morgan fingerprint density at radius 1 is 1.44 bits per heavy atom. The Balaban J connectivity index is 2.82. The second-order valence-electron chi connectivity index (χ2n) is 3.31. The molecule has 1 aromatic carbocycles. The van der Waals surface area contributed by atoms with Crippen LogP contribution in [0.2, 0.25) is 5.02 Å². The number of carboxylic acid groups (broad SMARTS) is 1. The van der Waals surface area contributed by atoms with Gasteiger partial charge in [-0.3, -0.25) is 0 Å². The molecule has 0 spiro atoms. The Labute approximate surface area is 96.9 Å². The van der Waals surface area contributed by atoms with Crippen molar-refractivity contribution in [2.75, 3.05) is 0 Å². The largest absolute Gasteiger partial charge is 0.476 e. The summed E-state index contributed by atoms with van der Waals surface area (Å²) in [5.41, 5.74) is 0.609. The summed E-state index contributed by atoms with van der Waals surface area (Å²) in [5, 5.41) is 10.0. The molecule has 0 aliphatic carbocycles. The average Bonchev–Trinajstić information content (AvgIpc) is 2.27. The number of hydrogen-bond acceptors (Lipinski definition) is 3. The van der Waals surface area contributed by atoms with Crippen molar-refractivity contribution in [1.29, 1.82) is 0 Å². The van der Waals surface area contributed by atoms with Crippen LogP contribution in [-0.2, 0) is 6.42 Å². The van der Waals surface area contributed by atoms with E-state index in [-0.39, 0.29) is 5.69 Å². The van der Waals surface area contributed by atoms with Gasteiger partial charge in [-0.2, -0.15) is 0 Å². The minimum absolute atomic E-state index is 0.00403. The first-order valence-electron chi connectivity index (χ1n) is 4.81. The van der Waals surface area contributed by atoms with Gasteiger partial charge in [-0.15, -0.1) is 0 Å². The average molecular weight is 237 g/mol. The third kappa shape index (κ3) is 1.84. The number of halogens is 1. The molecule has 1 aromatic heterocycles. The molecular formula is C11H9ClN2O2. The molecule has 0 saturated carbocycles. The Hall–Kier alpha value is -1.68. The Morgan fingerprint density at radius 3 is 2.81 bits per heavy atom. The van der Waals surface area contributed by atoms with E-state index in [0.717, 1.165) is 0 Å². The first-order chi connectivity index (χ1) is 7.61. The first kappa shape index (κ1) is 10.8. The van der Waals surface area contributed by atoms with Crippen molar-refractivity contribution < 1.29 is 9.90 Å². The fourth-order valence-corrected chi connectivity index (χ4v) is 1.64. The van der Waals surface area contributed by atoms with E-state index in [1.165, 1.54) is 0 Å². The number of aromatic carboxylic acids is 1. The van der Waals surface area contributed by atoms with Gasteiger partial charge in [0.05, 0.1) is 5.52 Å². The zero-order valence-electron chi connectivity index (χ0n) is 8.57. The molecule has 0 bridgehead atoms. The van der Waals surface area contributed by atoms with Gasteiger partial charge >= 0.3 is 5.97 Å². The molecule has 16 heavy (non-hydrogen) atoms. The van der Waals surface area contributed by atoms with E-state index < -0.39 is 5.97 Å². The SMILES string of the molecule is CCc1nc(C(=O)O)c2cc(Cl)ccc2n1. The summed E-state index contributed by atoms with van der Waals surface area (Å²) in [7, 11) is 0. The van der Waals surface area contributed by atoms with Crippen LogP contribution in [0.4, 0.5) is 0 Å². The quantitative estimate of drug-likeness (QED) is 0.870. The van der Waals surface area contributed by atoms with Crippen molar-refractivity contribution in [3.63, 3.8) is 0 Å². The van der Waals surface area contributed by atoms with Gasteiger partial charge in [0.2, 0.25) is 0 Å². The molecule has 2 aromatic rings. The minimum Gasteiger partial charge on any atom is -0.476 e. The van der Waals surface area contributed by atoms with Crippen molar-refractivity contribution in [3.8, 4) is 0 Å². The number of carbonyl (C=O) groups is 1. The molecule has 0 amide bonds. The van der Waals surface area contributed by atoms with E-state index in [4.69, 9.17) is 16.7 Å². The zero-order valence-corrected chi connectivity index (χ0v) is 9.32. The number of hydrogen-bond donors (Lipinski definition) is 1. The second kappa shape index (κ2) is 4.06. The number of aryl methyl sites for hydroxylation is 1. The lowest BCUT2D eigenvalue weighted by molar-refractivity contribution is 0.0692. The highest BCUT2D eigenvalue weighted by Crippen LogP contribution is 2.20. The summed E-state index contributed by atoms with van der Waals surface area (Å²) in [5.74, 6) is -0.545. The van der Waals surface area contributed by atoms with Crippen molar-refractivity contribution in [2.24, 2.45) is 0 Å². The smallest absolute Gasteiger partial charge is 0.355 e. The van der Waals surface area contributed by atoms with Crippen LogP contribution in [0.1, 0.15) is 23.2 Å². The fourth-order valence-electron chi connectivity index (χ4n) is 1.47. The van der Waals surface area contributed by atoms with Crippen LogP contribution in [0.5, 0.6) is 0 Å². The summed E-state index contributed by atoms with van der Waals surface area (Å²) in [4.78, 5) is 19.3. The highest BCUT2D eigenvalue weighted by Gasteiger charge is 2.13. The standard InChI is InChI=1S/C11H9ClN2O2/c1-2-9-13-8-4-3-6(12)5-7(8)10(14-9)11(15)16/h3-5H,2H2,1H3,(H,15,16). The van der Waals surface area contributed by atoms with Crippen molar-refractivity contribution >= 4 is 28.5 Å². The second-order valence-corrected chi connectivity index (χ2v) is 3.75. The normalized spacial score (nSPS) is 10.6. The molecule has 0 atom stereocenters. The Morgan fingerprint density at radius 2 is 2.19 bits per heavy atom. The Bertz CT molecular complexity index is 569. The zero-order chi connectivity index (χ0) is 11.7. The summed E-state index contributed by atoms with van der Waals surface area (Å²) in [6, 6.07) is 4.95. The molecule has 82 valence electrons. The fraction of sp³-hybridized carbons (Fsp3) is 0.182. The van der Waals surface area contributed by atoms with E-state index in [2.05, 4.69) is 9.97 Å². The van der Waals surface area contributed by atoms with Crippen molar-refractivity contribution in [3.05, 3.63) is 34.7 Å². The van der Waals surface area contributed by atoms with E-state index in [0.29, 0.717) is 28.2 Å². The molecule has 0 fully saturated rings. The molecule has 1 heterocycles. The molecule has 0 radical (unpaired) electrons. The van der Waals surface area contributed by atoms with Crippen LogP contribution in [0.3, 0.4) is 0 Å². The lowest BCUT2D eigenvalue weighted by Gasteiger charge is -2.04. The van der Waals surface area contributed by atoms with Crippen LogP contribution in [0.25, 0.3) is 10.9 Å². The van der Waals surface area contributed by atoms with Gasteiger partial charge in [0.1, 0.15) is 5.82 Å². The third-order valence-corrected chi connectivity index (χ3v) is 2.46. The van der Waals surface area contributed by atoms with Crippen molar-refractivity contribution in [1.82, 2.24) is 9.97 Å². The molecule has 0 aliphatic heterocycles. The maximum atomic E-state index is 11.1. The lowest BCUT2D eigenvalue weighted by Crippen LogP contribution is -2.06. The highest BCUT2D eigenvalue weighted by molar-refractivity contribution is 6.31. The molecule has 5 heteroatoms. The topological polar surface area (TPSA) is 63.1 Å². The molecule has 4 nitrogen and oxygen atoms in total. The van der Waals surface area contributed by atoms with Gasteiger partial charge in [-0.25, -0.2) is 14.8 Å². The van der Waals surface area contributed by atoms with Crippen LogP contribution in [0, 0.1) is 0 Å². The molecule has 0 aliphatic rings. The summed E-state index contributed by atoms with van der Waals surface area (Å²) in [6.07, 6.45) is 0.596. The van der Waals surface area contributed by atoms with Gasteiger partial charge in [0, 0.05) is 16.8 Å². The summed E-state index contributed by atoms with van der Waals surface area (Å²) < 4.78 is 0. The van der Waals surface area contributed by atoms with E-state index in [1.807, 2.05) is 6.92 Å². The monoisotopic (exact) mass is 236 g/mol. The maximum absolute atomic E-state index is 11.1. The lowest BCUT2D eigenvalue weighted by atomic mass is 10.2. The number of nitrogens with zero attached hydrogens (tertiary/aromatic N) is 2. The van der Waals surface area contributed by atoms with Crippen LogP contribution in [-0.4, -0.2) is 21.0 Å². The molecule has 1 N–H and O–H groups in total. The maximum Gasteiger partial charge on any atom is 0.355 e. The van der Waals surface area contributed by atoms with Crippen molar-refractivity contribution in [2.45, 2.75) is 13.3 Å².